The molecule has 3 rings (SSSR count). The Kier molecular flexibility index (Phi) is 6.35. The van der Waals surface area contributed by atoms with Crippen molar-refractivity contribution in [3.8, 4) is 17.1 Å². The van der Waals surface area contributed by atoms with Crippen molar-refractivity contribution >= 4 is 17.8 Å². The molecular weight excluding hydrogens is 358 g/mol. The lowest BCUT2D eigenvalue weighted by Crippen LogP contribution is -2.25. The Morgan fingerprint density at radius 2 is 1.82 bits per heavy atom. The first-order chi connectivity index (χ1) is 13.7. The fourth-order valence-corrected chi connectivity index (χ4v) is 2.61. The minimum Gasteiger partial charge on any atom is -0.496 e. The van der Waals surface area contributed by atoms with Crippen LogP contribution in [0, 0.1) is 0 Å². The fourth-order valence-electron chi connectivity index (χ4n) is 2.61. The average Bonchev–Trinajstić information content (AvgIpc) is 3.19. The summed E-state index contributed by atoms with van der Waals surface area (Å²) in [7, 11) is 1.58. The second kappa shape index (κ2) is 9.31. The van der Waals surface area contributed by atoms with E-state index in [4.69, 9.17) is 4.74 Å². The van der Waals surface area contributed by atoms with E-state index in [-0.39, 0.29) is 24.2 Å². The van der Waals surface area contributed by atoms with Crippen molar-refractivity contribution < 1.29 is 14.3 Å². The number of anilines is 1. The first kappa shape index (κ1) is 19.1. The van der Waals surface area contributed by atoms with Gasteiger partial charge in [0.05, 0.1) is 12.7 Å². The van der Waals surface area contributed by atoms with E-state index < -0.39 is 0 Å². The number of hydrogen-bond acceptors (Lipinski definition) is 5. The Labute approximate surface area is 162 Å². The third kappa shape index (κ3) is 4.94. The van der Waals surface area contributed by atoms with Crippen molar-refractivity contribution in [2.75, 3.05) is 19.0 Å². The van der Waals surface area contributed by atoms with Gasteiger partial charge in [-0.3, -0.25) is 20.0 Å². The molecule has 8 nitrogen and oxygen atoms in total. The number of aromatic nitrogens is 3. The quantitative estimate of drug-likeness (QED) is 0.521. The molecule has 0 bridgehead atoms. The van der Waals surface area contributed by atoms with Gasteiger partial charge in [-0.05, 0) is 30.7 Å². The zero-order valence-corrected chi connectivity index (χ0v) is 15.4. The number of carbonyl (C=O) groups excluding carboxylic acids is 2. The van der Waals surface area contributed by atoms with Crippen LogP contribution in [0.25, 0.3) is 11.4 Å². The van der Waals surface area contributed by atoms with Crippen LogP contribution in [0.1, 0.15) is 23.2 Å². The zero-order valence-electron chi connectivity index (χ0n) is 15.4. The van der Waals surface area contributed by atoms with Crippen LogP contribution in [0.5, 0.6) is 5.75 Å². The SMILES string of the molecule is COc1ccccc1-c1nc(NC(=O)CCCNC(=O)c2ccccc2)n[nH]1. The molecule has 3 N–H and O–H groups in total. The predicted molar refractivity (Wildman–Crippen MR) is 105 cm³/mol. The van der Waals surface area contributed by atoms with Crippen LogP contribution in [0.4, 0.5) is 5.95 Å². The number of H-pyrrole nitrogens is 1. The molecule has 0 saturated carbocycles. The summed E-state index contributed by atoms with van der Waals surface area (Å²) in [4.78, 5) is 28.3. The average molecular weight is 379 g/mol. The van der Waals surface area contributed by atoms with E-state index >= 15 is 0 Å². The normalized spacial score (nSPS) is 10.3. The van der Waals surface area contributed by atoms with Gasteiger partial charge in [-0.15, -0.1) is 5.10 Å². The van der Waals surface area contributed by atoms with Crippen LogP contribution < -0.4 is 15.4 Å². The number of amides is 2. The van der Waals surface area contributed by atoms with Crippen molar-refractivity contribution in [1.29, 1.82) is 0 Å². The van der Waals surface area contributed by atoms with Crippen LogP contribution >= 0.6 is 0 Å². The van der Waals surface area contributed by atoms with Gasteiger partial charge in [0.1, 0.15) is 5.75 Å². The summed E-state index contributed by atoms with van der Waals surface area (Å²) in [6.45, 7) is 0.404. The second-order valence-electron chi connectivity index (χ2n) is 5.98. The Morgan fingerprint density at radius 1 is 1.07 bits per heavy atom. The monoisotopic (exact) mass is 379 g/mol. The first-order valence-corrected chi connectivity index (χ1v) is 8.86. The lowest BCUT2D eigenvalue weighted by molar-refractivity contribution is -0.116. The van der Waals surface area contributed by atoms with E-state index in [1.165, 1.54) is 0 Å². The molecule has 0 atom stereocenters. The van der Waals surface area contributed by atoms with Crippen LogP contribution in [0.3, 0.4) is 0 Å². The van der Waals surface area contributed by atoms with Gasteiger partial charge in [-0.2, -0.15) is 4.98 Å². The number of aromatic amines is 1. The standard InChI is InChI=1S/C20H21N5O3/c1-28-16-11-6-5-10-15(16)18-23-20(25-24-18)22-17(26)12-7-13-21-19(27)14-8-3-2-4-9-14/h2-6,8-11H,7,12-13H2,1H3,(H,21,27)(H2,22,23,24,25,26). The molecule has 0 radical (unpaired) electrons. The predicted octanol–water partition coefficient (Wildman–Crippen LogP) is 2.63. The molecule has 0 saturated heterocycles. The zero-order chi connectivity index (χ0) is 19.8. The fraction of sp³-hybridized carbons (Fsp3) is 0.200. The molecule has 1 heterocycles. The Hall–Kier alpha value is -3.68. The highest BCUT2D eigenvalue weighted by Gasteiger charge is 2.12. The van der Waals surface area contributed by atoms with Crippen molar-refractivity contribution in [2.45, 2.75) is 12.8 Å². The second-order valence-corrected chi connectivity index (χ2v) is 5.98. The van der Waals surface area contributed by atoms with Crippen molar-refractivity contribution in [3.63, 3.8) is 0 Å². The molecule has 144 valence electrons. The molecule has 1 aromatic heterocycles. The van der Waals surface area contributed by atoms with Crippen molar-refractivity contribution in [1.82, 2.24) is 20.5 Å². The Balaban J connectivity index is 1.45. The highest BCUT2D eigenvalue weighted by atomic mass is 16.5. The minimum atomic E-state index is -0.223. The summed E-state index contributed by atoms with van der Waals surface area (Å²) in [6, 6.07) is 16.3. The van der Waals surface area contributed by atoms with Crippen LogP contribution in [-0.2, 0) is 4.79 Å². The van der Waals surface area contributed by atoms with Gasteiger partial charge in [-0.25, -0.2) is 0 Å². The Bertz CT molecular complexity index is 940. The smallest absolute Gasteiger partial charge is 0.251 e. The van der Waals surface area contributed by atoms with E-state index in [9.17, 15) is 9.59 Å². The van der Waals surface area contributed by atoms with Gasteiger partial charge in [0.15, 0.2) is 5.82 Å². The summed E-state index contributed by atoms with van der Waals surface area (Å²) >= 11 is 0. The van der Waals surface area contributed by atoms with Gasteiger partial charge in [0.25, 0.3) is 5.91 Å². The van der Waals surface area contributed by atoms with Crippen LogP contribution in [0.2, 0.25) is 0 Å². The highest BCUT2D eigenvalue weighted by Crippen LogP contribution is 2.27. The van der Waals surface area contributed by atoms with Gasteiger partial charge >= 0.3 is 0 Å². The summed E-state index contributed by atoms with van der Waals surface area (Å²) in [6.07, 6.45) is 0.752. The first-order valence-electron chi connectivity index (χ1n) is 8.86. The maximum Gasteiger partial charge on any atom is 0.251 e. The lowest BCUT2D eigenvalue weighted by atomic mass is 10.2. The summed E-state index contributed by atoms with van der Waals surface area (Å²) < 4.78 is 5.30. The van der Waals surface area contributed by atoms with Crippen molar-refractivity contribution in [3.05, 3.63) is 60.2 Å². The number of nitrogens with zero attached hydrogens (tertiary/aromatic N) is 2. The number of benzene rings is 2. The van der Waals surface area contributed by atoms with Gasteiger partial charge < -0.3 is 10.1 Å². The van der Waals surface area contributed by atoms with E-state index in [1.54, 1.807) is 31.4 Å². The summed E-state index contributed by atoms with van der Waals surface area (Å²) in [5.74, 6) is 0.976. The maximum absolute atomic E-state index is 12.1. The number of rotatable bonds is 8. The van der Waals surface area contributed by atoms with Crippen LogP contribution in [-0.4, -0.2) is 40.7 Å². The molecule has 2 amide bonds. The maximum atomic E-state index is 12.1. The van der Waals surface area contributed by atoms with Gasteiger partial charge in [-0.1, -0.05) is 30.3 Å². The highest BCUT2D eigenvalue weighted by molar-refractivity contribution is 5.94. The van der Waals surface area contributed by atoms with E-state index in [2.05, 4.69) is 25.8 Å². The third-order valence-corrected chi connectivity index (χ3v) is 4.00. The third-order valence-electron chi connectivity index (χ3n) is 4.00. The molecule has 8 heteroatoms. The Morgan fingerprint density at radius 3 is 2.61 bits per heavy atom. The van der Waals surface area contributed by atoms with E-state index in [0.717, 1.165) is 5.56 Å². The topological polar surface area (TPSA) is 109 Å². The minimum absolute atomic E-state index is 0.156. The molecule has 0 unspecified atom stereocenters. The van der Waals surface area contributed by atoms with Gasteiger partial charge in [0.2, 0.25) is 11.9 Å². The number of ether oxygens (including phenoxy) is 1. The molecule has 3 aromatic rings. The summed E-state index contributed by atoms with van der Waals surface area (Å²) in [5.41, 5.74) is 1.35. The molecule has 0 aliphatic rings. The molecule has 0 fully saturated rings. The van der Waals surface area contributed by atoms with E-state index in [0.29, 0.717) is 30.1 Å². The number of hydrogen-bond donors (Lipinski definition) is 3. The van der Waals surface area contributed by atoms with E-state index in [1.807, 2.05) is 30.3 Å². The number of carbonyl (C=O) groups is 2. The lowest BCUT2D eigenvalue weighted by Gasteiger charge is -2.05. The summed E-state index contributed by atoms with van der Waals surface area (Å²) in [5, 5.41) is 12.2. The van der Waals surface area contributed by atoms with Gasteiger partial charge in [0, 0.05) is 18.5 Å². The number of methoxy groups -OCH3 is 1. The molecule has 0 spiro atoms. The number of para-hydroxylation sites is 1. The number of nitrogens with one attached hydrogen (secondary N) is 3. The molecule has 28 heavy (non-hydrogen) atoms. The molecular formula is C20H21N5O3. The van der Waals surface area contributed by atoms with Crippen LogP contribution in [0.15, 0.2) is 54.6 Å². The molecule has 2 aromatic carbocycles. The molecule has 0 aliphatic heterocycles. The molecule has 0 aliphatic carbocycles. The largest absolute Gasteiger partial charge is 0.496 e. The van der Waals surface area contributed by atoms with Crippen molar-refractivity contribution in [2.24, 2.45) is 0 Å².